The molecule has 0 aromatic carbocycles. The van der Waals surface area contributed by atoms with E-state index in [-0.39, 0.29) is 38.7 Å². The van der Waals surface area contributed by atoms with Crippen LogP contribution in [0.25, 0.3) is 0 Å². The number of amides is 2. The van der Waals surface area contributed by atoms with Gasteiger partial charge in [0.1, 0.15) is 0 Å². The summed E-state index contributed by atoms with van der Waals surface area (Å²) in [6, 6.07) is 0. The van der Waals surface area contributed by atoms with E-state index in [1.165, 1.54) is 0 Å². The van der Waals surface area contributed by atoms with E-state index in [0.29, 0.717) is 11.7 Å². The minimum absolute atomic E-state index is 0.0387. The molecule has 0 bridgehead atoms. The van der Waals surface area contributed by atoms with Gasteiger partial charge in [0.15, 0.2) is 0 Å². The van der Waals surface area contributed by atoms with E-state index in [9.17, 15) is 24.0 Å². The van der Waals surface area contributed by atoms with Crippen LogP contribution in [0.2, 0.25) is 0 Å². The molecular weight excluding hydrogens is 310 g/mol. The molecule has 9 heteroatoms. The molecule has 0 spiro atoms. The molecule has 0 aromatic rings. The quantitative estimate of drug-likeness (QED) is 0.295. The third-order valence-corrected chi connectivity index (χ3v) is 2.76. The van der Waals surface area contributed by atoms with Crippen molar-refractivity contribution >= 4 is 29.7 Å². The zero-order chi connectivity index (χ0) is 17.2. The maximum atomic E-state index is 11.2. The SMILES string of the molecule is CCCOCCC(=O)ON1C(=O)CCC1=O.O=C1CCC(=O)O1. The zero-order valence-corrected chi connectivity index (χ0v) is 12.9. The average Bonchev–Trinajstić information content (AvgIpc) is 3.03. The van der Waals surface area contributed by atoms with Gasteiger partial charge in [-0.3, -0.25) is 19.2 Å². The Labute approximate surface area is 132 Å². The Balaban J connectivity index is 0.000000313. The molecule has 2 heterocycles. The van der Waals surface area contributed by atoms with E-state index < -0.39 is 29.7 Å². The highest BCUT2D eigenvalue weighted by molar-refractivity contribution is 6.01. The highest BCUT2D eigenvalue weighted by Crippen LogP contribution is 2.12. The summed E-state index contributed by atoms with van der Waals surface area (Å²) in [4.78, 5) is 58.0. The van der Waals surface area contributed by atoms with Gasteiger partial charge in [0.05, 0.1) is 25.9 Å². The van der Waals surface area contributed by atoms with Gasteiger partial charge in [-0.05, 0) is 6.42 Å². The second-order valence-electron chi connectivity index (χ2n) is 4.75. The Hall–Kier alpha value is -2.29. The Morgan fingerprint density at radius 3 is 2.00 bits per heavy atom. The van der Waals surface area contributed by atoms with Gasteiger partial charge in [-0.1, -0.05) is 6.92 Å². The van der Waals surface area contributed by atoms with Gasteiger partial charge in [0, 0.05) is 19.4 Å². The number of rotatable bonds is 6. The number of imide groups is 1. The Kier molecular flexibility index (Phi) is 7.89. The van der Waals surface area contributed by atoms with E-state index in [4.69, 9.17) is 4.74 Å². The molecule has 0 atom stereocenters. The van der Waals surface area contributed by atoms with Crippen LogP contribution in [0.1, 0.15) is 45.4 Å². The molecule has 2 aliphatic heterocycles. The Morgan fingerprint density at radius 2 is 1.57 bits per heavy atom. The fourth-order valence-corrected chi connectivity index (χ4v) is 1.64. The van der Waals surface area contributed by atoms with Crippen molar-refractivity contribution in [2.75, 3.05) is 13.2 Å². The van der Waals surface area contributed by atoms with Crippen LogP contribution < -0.4 is 0 Å². The lowest BCUT2D eigenvalue weighted by Crippen LogP contribution is -2.32. The van der Waals surface area contributed by atoms with Crippen LogP contribution in [0.4, 0.5) is 0 Å². The summed E-state index contributed by atoms with van der Waals surface area (Å²) >= 11 is 0. The molecular formula is C14H19NO8. The molecule has 0 N–H and O–H groups in total. The summed E-state index contributed by atoms with van der Waals surface area (Å²) in [5, 5.41) is 0.544. The van der Waals surface area contributed by atoms with Gasteiger partial charge < -0.3 is 14.3 Å². The van der Waals surface area contributed by atoms with Crippen molar-refractivity contribution in [2.24, 2.45) is 0 Å². The van der Waals surface area contributed by atoms with Gasteiger partial charge in [-0.15, -0.1) is 5.06 Å². The van der Waals surface area contributed by atoms with Crippen molar-refractivity contribution in [3.63, 3.8) is 0 Å². The van der Waals surface area contributed by atoms with E-state index in [1.54, 1.807) is 0 Å². The standard InChI is InChI=1S/C10H15NO5.C4H4O3/c1-2-6-15-7-5-10(14)16-11-8(12)3-4-9(11)13;5-3-1-2-4(6)7-3/h2-7H2,1H3;1-2H2. The summed E-state index contributed by atoms with van der Waals surface area (Å²) in [6.45, 7) is 2.78. The van der Waals surface area contributed by atoms with Gasteiger partial charge in [0.25, 0.3) is 11.8 Å². The van der Waals surface area contributed by atoms with Crippen molar-refractivity contribution in [1.29, 1.82) is 0 Å². The first kappa shape index (κ1) is 18.8. The summed E-state index contributed by atoms with van der Waals surface area (Å²) < 4.78 is 9.17. The van der Waals surface area contributed by atoms with Gasteiger partial charge in [-0.25, -0.2) is 4.79 Å². The number of hydroxylamine groups is 2. The minimum Gasteiger partial charge on any atom is -0.393 e. The zero-order valence-electron chi connectivity index (χ0n) is 12.9. The molecule has 2 aliphatic rings. The van der Waals surface area contributed by atoms with Crippen molar-refractivity contribution in [3.05, 3.63) is 0 Å². The van der Waals surface area contributed by atoms with Crippen molar-refractivity contribution in [2.45, 2.75) is 45.4 Å². The average molecular weight is 329 g/mol. The normalized spacial score (nSPS) is 17.0. The molecule has 0 radical (unpaired) electrons. The Bertz CT molecular complexity index is 457. The number of cyclic esters (lactones) is 2. The summed E-state index contributed by atoms with van der Waals surface area (Å²) in [5.74, 6) is -2.35. The lowest BCUT2D eigenvalue weighted by atomic mass is 10.4. The molecule has 9 nitrogen and oxygen atoms in total. The minimum atomic E-state index is -0.625. The van der Waals surface area contributed by atoms with Gasteiger partial charge in [-0.2, -0.15) is 0 Å². The monoisotopic (exact) mass is 329 g/mol. The van der Waals surface area contributed by atoms with Gasteiger partial charge in [0.2, 0.25) is 0 Å². The number of nitrogens with zero attached hydrogens (tertiary/aromatic N) is 1. The predicted molar refractivity (Wildman–Crippen MR) is 73.2 cm³/mol. The van der Waals surface area contributed by atoms with Crippen LogP contribution in [0.5, 0.6) is 0 Å². The Morgan fingerprint density at radius 1 is 1.00 bits per heavy atom. The highest BCUT2D eigenvalue weighted by atomic mass is 16.7. The summed E-state index contributed by atoms with van der Waals surface area (Å²) in [7, 11) is 0. The number of ether oxygens (including phenoxy) is 2. The summed E-state index contributed by atoms with van der Waals surface area (Å²) in [5.41, 5.74) is 0. The largest absolute Gasteiger partial charge is 0.393 e. The number of carbonyl (C=O) groups is 5. The maximum Gasteiger partial charge on any atom is 0.335 e. The summed E-state index contributed by atoms with van der Waals surface area (Å²) in [6.07, 6.45) is 1.66. The first-order valence-electron chi connectivity index (χ1n) is 7.32. The molecule has 2 rings (SSSR count). The van der Waals surface area contributed by atoms with Gasteiger partial charge >= 0.3 is 17.9 Å². The third kappa shape index (κ3) is 7.00. The number of esters is 2. The van der Waals surface area contributed by atoms with E-state index in [0.717, 1.165) is 6.42 Å². The molecule has 2 amide bonds. The van der Waals surface area contributed by atoms with Crippen LogP contribution >= 0.6 is 0 Å². The fourth-order valence-electron chi connectivity index (χ4n) is 1.64. The number of carbonyl (C=O) groups excluding carboxylic acids is 5. The lowest BCUT2D eigenvalue weighted by molar-refractivity contribution is -0.198. The maximum absolute atomic E-state index is 11.2. The molecule has 2 fully saturated rings. The van der Waals surface area contributed by atoms with E-state index >= 15 is 0 Å². The van der Waals surface area contributed by atoms with Crippen LogP contribution in [0, 0.1) is 0 Å². The number of hydrogen-bond donors (Lipinski definition) is 0. The first-order chi connectivity index (χ1) is 10.9. The number of hydrogen-bond acceptors (Lipinski definition) is 8. The van der Waals surface area contributed by atoms with Crippen LogP contribution in [-0.4, -0.2) is 48.0 Å². The van der Waals surface area contributed by atoms with Crippen molar-refractivity contribution < 1.29 is 38.3 Å². The predicted octanol–water partition coefficient (Wildman–Crippen LogP) is 0.260. The lowest BCUT2D eigenvalue weighted by Gasteiger charge is -2.12. The van der Waals surface area contributed by atoms with Crippen molar-refractivity contribution in [3.8, 4) is 0 Å². The molecule has 2 saturated heterocycles. The molecule has 0 saturated carbocycles. The van der Waals surface area contributed by atoms with Crippen LogP contribution in [0.15, 0.2) is 0 Å². The molecule has 0 aromatic heterocycles. The van der Waals surface area contributed by atoms with Crippen LogP contribution in [-0.2, 0) is 38.3 Å². The molecule has 0 aliphatic carbocycles. The molecule has 0 unspecified atom stereocenters. The van der Waals surface area contributed by atoms with E-state index in [1.807, 2.05) is 6.92 Å². The first-order valence-corrected chi connectivity index (χ1v) is 7.32. The van der Waals surface area contributed by atoms with Crippen LogP contribution in [0.3, 0.4) is 0 Å². The highest BCUT2D eigenvalue weighted by Gasteiger charge is 2.32. The third-order valence-electron chi connectivity index (χ3n) is 2.76. The second-order valence-corrected chi connectivity index (χ2v) is 4.75. The second kappa shape index (κ2) is 9.67. The molecule has 128 valence electrons. The van der Waals surface area contributed by atoms with Crippen molar-refractivity contribution in [1.82, 2.24) is 5.06 Å². The molecule has 23 heavy (non-hydrogen) atoms. The topological polar surface area (TPSA) is 116 Å². The fraction of sp³-hybridized carbons (Fsp3) is 0.643. The van der Waals surface area contributed by atoms with E-state index in [2.05, 4.69) is 9.57 Å². The smallest absolute Gasteiger partial charge is 0.335 e.